The van der Waals surface area contributed by atoms with Crippen molar-refractivity contribution in [2.75, 3.05) is 19.3 Å². The van der Waals surface area contributed by atoms with Crippen molar-refractivity contribution in [2.45, 2.75) is 25.3 Å². The van der Waals surface area contributed by atoms with Crippen molar-refractivity contribution in [3.63, 3.8) is 0 Å². The molecule has 2 heterocycles. The quantitative estimate of drug-likeness (QED) is 0.827. The summed E-state index contributed by atoms with van der Waals surface area (Å²) in [5, 5.41) is 4.01. The lowest BCUT2D eigenvalue weighted by molar-refractivity contribution is 0.0731. The third kappa shape index (κ3) is 3.80. The number of carbonyl (C=O) groups excluding carboxylic acids is 1. The van der Waals surface area contributed by atoms with Gasteiger partial charge in [-0.1, -0.05) is 0 Å². The van der Waals surface area contributed by atoms with Crippen LogP contribution in [0.2, 0.25) is 0 Å². The summed E-state index contributed by atoms with van der Waals surface area (Å²) in [7, 11) is -1.40. The Kier molecular flexibility index (Phi) is 4.44. The van der Waals surface area contributed by atoms with Gasteiger partial charge in [-0.05, 0) is 19.3 Å². The van der Waals surface area contributed by atoms with Gasteiger partial charge in [0.25, 0.3) is 5.91 Å². The van der Waals surface area contributed by atoms with E-state index in [-0.39, 0.29) is 11.9 Å². The van der Waals surface area contributed by atoms with E-state index >= 15 is 0 Å². The smallest absolute Gasteiger partial charge is 0.257 e. The summed E-state index contributed by atoms with van der Waals surface area (Å²) in [5.74, 6) is -0.0278. The monoisotopic (exact) mass is 300 g/mol. The van der Waals surface area contributed by atoms with Gasteiger partial charge in [0.15, 0.2) is 0 Å². The number of carbonyl (C=O) groups is 1. The molecular formula is C12H20N4O3S. The van der Waals surface area contributed by atoms with Gasteiger partial charge in [0.05, 0.1) is 18.0 Å². The largest absolute Gasteiger partial charge is 0.336 e. The lowest BCUT2D eigenvalue weighted by Gasteiger charge is -2.24. The highest BCUT2D eigenvalue weighted by molar-refractivity contribution is 7.88. The fourth-order valence-corrected chi connectivity index (χ4v) is 3.00. The van der Waals surface area contributed by atoms with Gasteiger partial charge in [0, 0.05) is 32.4 Å². The Morgan fingerprint density at radius 3 is 2.90 bits per heavy atom. The van der Waals surface area contributed by atoms with Crippen LogP contribution in [-0.4, -0.2) is 54.4 Å². The highest BCUT2D eigenvalue weighted by Crippen LogP contribution is 2.22. The molecule has 2 rings (SSSR count). The second-order valence-electron chi connectivity index (χ2n) is 5.15. The standard InChI is InChI=1S/C12H20N4O3S/c1-15-9-10(8-13-15)12(17)16-7-3-4-11(16)5-6-14-20(2,18)19/h8-9,11,14H,3-7H2,1-2H3/t11-/m1/s1. The minimum Gasteiger partial charge on any atom is -0.336 e. The molecule has 8 heteroatoms. The molecule has 1 atom stereocenters. The van der Waals surface area contributed by atoms with E-state index in [1.165, 1.54) is 0 Å². The molecular weight excluding hydrogens is 280 g/mol. The SMILES string of the molecule is Cn1cc(C(=O)N2CCC[C@@H]2CCNS(C)(=O)=O)cn1. The van der Waals surface area contributed by atoms with Crippen LogP contribution in [0.15, 0.2) is 12.4 Å². The second-order valence-corrected chi connectivity index (χ2v) is 6.99. The first kappa shape index (κ1) is 15.0. The van der Waals surface area contributed by atoms with Gasteiger partial charge in [-0.3, -0.25) is 9.48 Å². The Bertz CT molecular complexity index is 581. The lowest BCUT2D eigenvalue weighted by atomic mass is 10.1. The number of likely N-dealkylation sites (tertiary alicyclic amines) is 1. The van der Waals surface area contributed by atoms with E-state index < -0.39 is 10.0 Å². The number of hydrogen-bond acceptors (Lipinski definition) is 4. The summed E-state index contributed by atoms with van der Waals surface area (Å²) in [5.41, 5.74) is 0.579. The van der Waals surface area contributed by atoms with Crippen LogP contribution in [0.3, 0.4) is 0 Å². The topological polar surface area (TPSA) is 84.3 Å². The Morgan fingerprint density at radius 2 is 2.30 bits per heavy atom. The van der Waals surface area contributed by atoms with Gasteiger partial charge >= 0.3 is 0 Å². The maximum absolute atomic E-state index is 12.4. The number of nitrogens with one attached hydrogen (secondary N) is 1. The van der Waals surface area contributed by atoms with Gasteiger partial charge in [-0.25, -0.2) is 13.1 Å². The van der Waals surface area contributed by atoms with Crippen molar-refractivity contribution >= 4 is 15.9 Å². The number of hydrogen-bond donors (Lipinski definition) is 1. The number of nitrogens with zero attached hydrogens (tertiary/aromatic N) is 3. The maximum Gasteiger partial charge on any atom is 0.257 e. The van der Waals surface area contributed by atoms with Crippen molar-refractivity contribution in [3.8, 4) is 0 Å². The summed E-state index contributed by atoms with van der Waals surface area (Å²) in [6.07, 6.45) is 6.91. The lowest BCUT2D eigenvalue weighted by Crippen LogP contribution is -2.37. The van der Waals surface area contributed by atoms with E-state index in [9.17, 15) is 13.2 Å². The van der Waals surface area contributed by atoms with Crippen molar-refractivity contribution in [1.29, 1.82) is 0 Å². The summed E-state index contributed by atoms with van der Waals surface area (Å²) in [6, 6.07) is 0.0944. The summed E-state index contributed by atoms with van der Waals surface area (Å²) < 4.78 is 26.2. The molecule has 1 aliphatic rings. The van der Waals surface area contributed by atoms with Crippen LogP contribution < -0.4 is 4.72 Å². The molecule has 0 bridgehead atoms. The molecule has 1 aromatic heterocycles. The second kappa shape index (κ2) is 5.92. The highest BCUT2D eigenvalue weighted by Gasteiger charge is 2.29. The van der Waals surface area contributed by atoms with Gasteiger partial charge in [0.1, 0.15) is 0 Å². The zero-order valence-electron chi connectivity index (χ0n) is 11.7. The molecule has 0 spiro atoms. The van der Waals surface area contributed by atoms with Crippen LogP contribution in [0.4, 0.5) is 0 Å². The zero-order chi connectivity index (χ0) is 14.8. The summed E-state index contributed by atoms with van der Waals surface area (Å²) in [4.78, 5) is 14.2. The van der Waals surface area contributed by atoms with Crippen LogP contribution in [0.1, 0.15) is 29.6 Å². The molecule has 1 N–H and O–H groups in total. The van der Waals surface area contributed by atoms with Crippen LogP contribution in [0, 0.1) is 0 Å². The number of aryl methyl sites for hydroxylation is 1. The first-order valence-corrected chi connectivity index (χ1v) is 8.50. The molecule has 7 nitrogen and oxygen atoms in total. The molecule has 1 saturated heterocycles. The Balaban J connectivity index is 1.95. The third-order valence-electron chi connectivity index (χ3n) is 3.43. The molecule has 1 aliphatic heterocycles. The maximum atomic E-state index is 12.4. The molecule has 1 aromatic rings. The molecule has 20 heavy (non-hydrogen) atoms. The minimum absolute atomic E-state index is 0.0278. The van der Waals surface area contributed by atoms with Crippen LogP contribution >= 0.6 is 0 Å². The predicted octanol–water partition coefficient (Wildman–Crippen LogP) is -0.0360. The molecule has 1 amide bonds. The Morgan fingerprint density at radius 1 is 1.55 bits per heavy atom. The van der Waals surface area contributed by atoms with Gasteiger partial charge in [-0.2, -0.15) is 5.10 Å². The van der Waals surface area contributed by atoms with Crippen LogP contribution in [0.5, 0.6) is 0 Å². The van der Waals surface area contributed by atoms with Gasteiger partial charge in [-0.15, -0.1) is 0 Å². The van der Waals surface area contributed by atoms with E-state index in [0.29, 0.717) is 18.5 Å². The van der Waals surface area contributed by atoms with Crippen molar-refractivity contribution in [3.05, 3.63) is 18.0 Å². The number of rotatable bonds is 5. The highest BCUT2D eigenvalue weighted by atomic mass is 32.2. The first-order valence-electron chi connectivity index (χ1n) is 6.61. The molecule has 0 unspecified atom stereocenters. The first-order chi connectivity index (χ1) is 9.37. The molecule has 1 fully saturated rings. The molecule has 0 aliphatic carbocycles. The fraction of sp³-hybridized carbons (Fsp3) is 0.667. The normalized spacial score (nSPS) is 19.5. The van der Waals surface area contributed by atoms with Crippen molar-refractivity contribution in [1.82, 2.24) is 19.4 Å². The fourth-order valence-electron chi connectivity index (χ4n) is 2.51. The van der Waals surface area contributed by atoms with E-state index in [2.05, 4.69) is 9.82 Å². The zero-order valence-corrected chi connectivity index (χ0v) is 12.6. The van der Waals surface area contributed by atoms with E-state index in [1.807, 2.05) is 4.90 Å². The molecule has 112 valence electrons. The Labute approximate surface area is 119 Å². The molecule has 0 saturated carbocycles. The van der Waals surface area contributed by atoms with E-state index in [1.54, 1.807) is 24.1 Å². The van der Waals surface area contributed by atoms with E-state index in [4.69, 9.17) is 0 Å². The van der Waals surface area contributed by atoms with E-state index in [0.717, 1.165) is 25.6 Å². The minimum atomic E-state index is -3.17. The van der Waals surface area contributed by atoms with Crippen LogP contribution in [0.25, 0.3) is 0 Å². The van der Waals surface area contributed by atoms with Crippen LogP contribution in [-0.2, 0) is 17.1 Å². The molecule has 0 radical (unpaired) electrons. The average molecular weight is 300 g/mol. The third-order valence-corrected chi connectivity index (χ3v) is 4.16. The van der Waals surface area contributed by atoms with Crippen molar-refractivity contribution in [2.24, 2.45) is 7.05 Å². The molecule has 0 aromatic carbocycles. The summed E-state index contributed by atoms with van der Waals surface area (Å²) in [6.45, 7) is 1.08. The number of sulfonamides is 1. The van der Waals surface area contributed by atoms with Gasteiger partial charge in [0.2, 0.25) is 10.0 Å². The van der Waals surface area contributed by atoms with Gasteiger partial charge < -0.3 is 4.90 Å². The Hall–Kier alpha value is -1.41. The average Bonchev–Trinajstić information content (AvgIpc) is 2.95. The number of aromatic nitrogens is 2. The number of amides is 1. The van der Waals surface area contributed by atoms with Crippen molar-refractivity contribution < 1.29 is 13.2 Å². The summed E-state index contributed by atoms with van der Waals surface area (Å²) >= 11 is 0. The predicted molar refractivity (Wildman–Crippen MR) is 74.7 cm³/mol.